The number of benzene rings is 2. The van der Waals surface area contributed by atoms with E-state index in [0.29, 0.717) is 36.0 Å². The number of nitrogen functional groups attached to an aromatic ring is 1. The zero-order valence-electron chi connectivity index (χ0n) is 16.1. The van der Waals surface area contributed by atoms with Crippen molar-refractivity contribution in [1.82, 2.24) is 9.88 Å². The van der Waals surface area contributed by atoms with E-state index in [4.69, 9.17) is 10.2 Å². The van der Waals surface area contributed by atoms with Crippen LogP contribution in [0.1, 0.15) is 19.8 Å². The third-order valence-corrected chi connectivity index (χ3v) is 5.06. The van der Waals surface area contributed by atoms with Crippen molar-refractivity contribution in [2.45, 2.75) is 25.8 Å². The predicted octanol–water partition coefficient (Wildman–Crippen LogP) is 3.54. The molecule has 29 heavy (non-hydrogen) atoms. The van der Waals surface area contributed by atoms with E-state index >= 15 is 0 Å². The Morgan fingerprint density at radius 2 is 1.79 bits per heavy atom. The molecule has 1 aromatic heterocycles. The fraction of sp³-hybridized carbons (Fsp3) is 0.227. The molecule has 2 amide bonds. The fourth-order valence-electron chi connectivity index (χ4n) is 3.53. The average molecular weight is 390 g/mol. The second kappa shape index (κ2) is 7.79. The number of carbonyl (C=O) groups excluding carboxylic acids is 2. The Labute approximate surface area is 168 Å². The molecule has 0 spiro atoms. The lowest BCUT2D eigenvalue weighted by Crippen LogP contribution is -2.42. The minimum Gasteiger partial charge on any atom is -0.436 e. The molecule has 2 heterocycles. The smallest absolute Gasteiger partial charge is 0.247 e. The fourth-order valence-corrected chi connectivity index (χ4v) is 3.53. The summed E-state index contributed by atoms with van der Waals surface area (Å²) in [6.07, 6.45) is 3.20. The van der Waals surface area contributed by atoms with Crippen molar-refractivity contribution in [2.75, 3.05) is 17.6 Å². The molecule has 0 unspecified atom stereocenters. The molecule has 1 aliphatic rings. The number of aromatic nitrogens is 1. The van der Waals surface area contributed by atoms with Crippen LogP contribution in [0.3, 0.4) is 0 Å². The van der Waals surface area contributed by atoms with E-state index in [1.807, 2.05) is 36.4 Å². The van der Waals surface area contributed by atoms with Crippen LogP contribution >= 0.6 is 0 Å². The number of carbonyl (C=O) groups is 2. The van der Waals surface area contributed by atoms with Crippen molar-refractivity contribution in [3.05, 3.63) is 54.7 Å². The first kappa shape index (κ1) is 18.7. The van der Waals surface area contributed by atoms with Gasteiger partial charge in [0.25, 0.3) is 0 Å². The molecule has 1 fully saturated rings. The second-order valence-corrected chi connectivity index (χ2v) is 7.09. The Kier molecular flexibility index (Phi) is 5.03. The summed E-state index contributed by atoms with van der Waals surface area (Å²) in [5, 5.41) is 2.89. The SMILES string of the molecule is CC(=O)N1CCC[C@H]1C(=O)Nc1ccc(-c2cnc(-c3ccc(N)cc3)o2)cc1. The molecule has 1 atom stereocenters. The number of amides is 2. The summed E-state index contributed by atoms with van der Waals surface area (Å²) < 4.78 is 5.85. The average Bonchev–Trinajstić information content (AvgIpc) is 3.39. The monoisotopic (exact) mass is 390 g/mol. The van der Waals surface area contributed by atoms with Crippen molar-refractivity contribution in [3.63, 3.8) is 0 Å². The molecule has 1 aliphatic heterocycles. The molecule has 0 saturated carbocycles. The van der Waals surface area contributed by atoms with Gasteiger partial charge in [-0.05, 0) is 61.4 Å². The maximum absolute atomic E-state index is 12.5. The van der Waals surface area contributed by atoms with E-state index in [-0.39, 0.29) is 11.8 Å². The van der Waals surface area contributed by atoms with Crippen molar-refractivity contribution in [2.24, 2.45) is 0 Å². The van der Waals surface area contributed by atoms with E-state index in [1.165, 1.54) is 6.92 Å². The van der Waals surface area contributed by atoms with Crippen LogP contribution in [0.5, 0.6) is 0 Å². The highest BCUT2D eigenvalue weighted by atomic mass is 16.4. The molecule has 0 bridgehead atoms. The van der Waals surface area contributed by atoms with Crippen molar-refractivity contribution in [1.29, 1.82) is 0 Å². The van der Waals surface area contributed by atoms with Gasteiger partial charge in [0.15, 0.2) is 5.76 Å². The Morgan fingerprint density at radius 1 is 1.10 bits per heavy atom. The number of nitrogens with zero attached hydrogens (tertiary/aromatic N) is 2. The highest BCUT2D eigenvalue weighted by Gasteiger charge is 2.32. The number of anilines is 2. The number of oxazole rings is 1. The molecule has 7 nitrogen and oxygen atoms in total. The van der Waals surface area contributed by atoms with Crippen LogP contribution in [0.2, 0.25) is 0 Å². The lowest BCUT2D eigenvalue weighted by atomic mass is 10.1. The van der Waals surface area contributed by atoms with Gasteiger partial charge in [-0.25, -0.2) is 4.98 Å². The van der Waals surface area contributed by atoms with E-state index < -0.39 is 6.04 Å². The summed E-state index contributed by atoms with van der Waals surface area (Å²) in [7, 11) is 0. The Bertz CT molecular complexity index is 1020. The van der Waals surface area contributed by atoms with E-state index in [0.717, 1.165) is 17.5 Å². The minimum absolute atomic E-state index is 0.0692. The lowest BCUT2D eigenvalue weighted by molar-refractivity contribution is -0.134. The number of nitrogens with two attached hydrogens (primary N) is 1. The van der Waals surface area contributed by atoms with Crippen molar-refractivity contribution < 1.29 is 14.0 Å². The summed E-state index contributed by atoms with van der Waals surface area (Å²) in [4.78, 5) is 30.1. The standard InChI is InChI=1S/C22H22N4O3/c1-14(27)26-12-2-3-19(26)21(28)25-18-10-6-15(7-11-18)20-13-24-22(29-20)16-4-8-17(23)9-5-16/h4-11,13,19H,2-3,12,23H2,1H3,(H,25,28)/t19-/m0/s1. The third-order valence-electron chi connectivity index (χ3n) is 5.06. The molecule has 3 aromatic rings. The van der Waals surface area contributed by atoms with E-state index in [2.05, 4.69) is 10.3 Å². The zero-order valence-corrected chi connectivity index (χ0v) is 16.1. The number of rotatable bonds is 4. The van der Waals surface area contributed by atoms with Crippen LogP contribution in [-0.4, -0.2) is 34.3 Å². The minimum atomic E-state index is -0.399. The number of likely N-dealkylation sites (tertiary alicyclic amines) is 1. The molecule has 4 rings (SSSR count). The van der Waals surface area contributed by atoms with Gasteiger partial charge < -0.3 is 20.4 Å². The molecule has 0 radical (unpaired) electrons. The molecule has 0 aliphatic carbocycles. The highest BCUT2D eigenvalue weighted by Crippen LogP contribution is 2.27. The first-order valence-corrected chi connectivity index (χ1v) is 9.51. The molecule has 3 N–H and O–H groups in total. The van der Waals surface area contributed by atoms with Gasteiger partial charge in [0.05, 0.1) is 6.20 Å². The van der Waals surface area contributed by atoms with Crippen molar-refractivity contribution >= 4 is 23.2 Å². The van der Waals surface area contributed by atoms with Crippen LogP contribution in [-0.2, 0) is 9.59 Å². The van der Waals surface area contributed by atoms with Gasteiger partial charge in [-0.1, -0.05) is 0 Å². The normalized spacial score (nSPS) is 16.0. The molecular formula is C22H22N4O3. The number of hydrogen-bond donors (Lipinski definition) is 2. The van der Waals surface area contributed by atoms with Gasteiger partial charge in [0.2, 0.25) is 17.7 Å². The number of nitrogens with one attached hydrogen (secondary N) is 1. The summed E-state index contributed by atoms with van der Waals surface area (Å²) in [6, 6.07) is 14.3. The molecule has 1 saturated heterocycles. The summed E-state index contributed by atoms with van der Waals surface area (Å²) in [5.41, 5.74) is 8.77. The van der Waals surface area contributed by atoms with Gasteiger partial charge in [-0.3, -0.25) is 9.59 Å². The van der Waals surface area contributed by atoms with E-state index in [1.54, 1.807) is 23.2 Å². The summed E-state index contributed by atoms with van der Waals surface area (Å²) >= 11 is 0. The Morgan fingerprint density at radius 3 is 2.48 bits per heavy atom. The topological polar surface area (TPSA) is 101 Å². The van der Waals surface area contributed by atoms with Gasteiger partial charge >= 0.3 is 0 Å². The maximum atomic E-state index is 12.5. The molecule has 148 valence electrons. The lowest BCUT2D eigenvalue weighted by Gasteiger charge is -2.22. The summed E-state index contributed by atoms with van der Waals surface area (Å²) in [5.74, 6) is 0.923. The highest BCUT2D eigenvalue weighted by molar-refractivity contribution is 5.97. The Hall–Kier alpha value is -3.61. The first-order chi connectivity index (χ1) is 14.0. The van der Waals surface area contributed by atoms with Gasteiger partial charge in [-0.2, -0.15) is 0 Å². The number of hydrogen-bond acceptors (Lipinski definition) is 5. The van der Waals surface area contributed by atoms with Gasteiger partial charge in [0.1, 0.15) is 6.04 Å². The first-order valence-electron chi connectivity index (χ1n) is 9.51. The van der Waals surface area contributed by atoms with Crippen LogP contribution in [0.4, 0.5) is 11.4 Å². The predicted molar refractivity (Wildman–Crippen MR) is 111 cm³/mol. The quantitative estimate of drug-likeness (QED) is 0.664. The van der Waals surface area contributed by atoms with Crippen molar-refractivity contribution in [3.8, 4) is 22.8 Å². The molecule has 7 heteroatoms. The largest absolute Gasteiger partial charge is 0.436 e. The van der Waals surface area contributed by atoms with Crippen LogP contribution < -0.4 is 11.1 Å². The van der Waals surface area contributed by atoms with Crippen LogP contribution in [0.15, 0.2) is 59.1 Å². The zero-order chi connectivity index (χ0) is 20.4. The third kappa shape index (κ3) is 3.99. The van der Waals surface area contributed by atoms with Crippen LogP contribution in [0.25, 0.3) is 22.8 Å². The molecular weight excluding hydrogens is 368 g/mol. The van der Waals surface area contributed by atoms with E-state index in [9.17, 15) is 9.59 Å². The second-order valence-electron chi connectivity index (χ2n) is 7.09. The summed E-state index contributed by atoms with van der Waals surface area (Å²) in [6.45, 7) is 2.13. The van der Waals surface area contributed by atoms with Gasteiger partial charge in [0, 0.05) is 36.0 Å². The van der Waals surface area contributed by atoms with Gasteiger partial charge in [-0.15, -0.1) is 0 Å². The Balaban J connectivity index is 1.45. The molecule has 2 aromatic carbocycles. The van der Waals surface area contributed by atoms with Crippen LogP contribution in [0, 0.1) is 0 Å². The maximum Gasteiger partial charge on any atom is 0.247 e.